The van der Waals surface area contributed by atoms with Crippen LogP contribution in [0.1, 0.15) is 54.9 Å². The number of hydrogen-bond donors (Lipinski definition) is 1. The minimum Gasteiger partial charge on any atom is -0.349 e. The fourth-order valence-corrected chi connectivity index (χ4v) is 4.94. The third-order valence-corrected chi connectivity index (χ3v) is 7.16. The second-order valence-electron chi connectivity index (χ2n) is 7.31. The lowest BCUT2D eigenvalue weighted by molar-refractivity contribution is 0.0951. The number of amides is 1. The lowest BCUT2D eigenvalue weighted by Crippen LogP contribution is -2.40. The van der Waals surface area contributed by atoms with Gasteiger partial charge in [0, 0.05) is 24.7 Å². The SMILES string of the molecule is CCCS(=O)(=O)N1CCC(Cc2ccc(C(=O)NC3CC3)cc2)CC1. The molecule has 2 fully saturated rings. The molecule has 1 aromatic carbocycles. The predicted molar refractivity (Wildman–Crippen MR) is 99.0 cm³/mol. The first kappa shape index (κ1) is 18.4. The Bertz CT molecular complexity index is 688. The summed E-state index contributed by atoms with van der Waals surface area (Å²) in [7, 11) is -3.06. The molecule has 0 radical (unpaired) electrons. The van der Waals surface area contributed by atoms with E-state index in [2.05, 4.69) is 5.32 Å². The fraction of sp³-hybridized carbons (Fsp3) is 0.632. The average molecular weight is 365 g/mol. The van der Waals surface area contributed by atoms with Crippen LogP contribution in [0, 0.1) is 5.92 Å². The third-order valence-electron chi connectivity index (χ3n) is 5.08. The van der Waals surface area contributed by atoms with Crippen LogP contribution in [-0.2, 0) is 16.4 Å². The fourth-order valence-electron chi connectivity index (χ4n) is 3.40. The first-order valence-electron chi connectivity index (χ1n) is 9.35. The summed E-state index contributed by atoms with van der Waals surface area (Å²) in [6.45, 7) is 3.17. The second kappa shape index (κ2) is 7.87. The van der Waals surface area contributed by atoms with Gasteiger partial charge in [0.05, 0.1) is 5.75 Å². The van der Waals surface area contributed by atoms with Crippen molar-refractivity contribution in [1.82, 2.24) is 9.62 Å². The van der Waals surface area contributed by atoms with Crippen LogP contribution >= 0.6 is 0 Å². The summed E-state index contributed by atoms with van der Waals surface area (Å²) in [6.07, 6.45) is 5.63. The highest BCUT2D eigenvalue weighted by atomic mass is 32.2. The molecule has 1 heterocycles. The van der Waals surface area contributed by atoms with Gasteiger partial charge in [-0.3, -0.25) is 4.79 Å². The van der Waals surface area contributed by atoms with Crippen LogP contribution in [-0.4, -0.2) is 43.5 Å². The number of nitrogens with one attached hydrogen (secondary N) is 1. The van der Waals surface area contributed by atoms with Crippen LogP contribution in [0.2, 0.25) is 0 Å². The predicted octanol–water partition coefficient (Wildman–Crippen LogP) is 2.57. The van der Waals surface area contributed by atoms with Crippen molar-refractivity contribution in [2.45, 2.75) is 51.5 Å². The van der Waals surface area contributed by atoms with Gasteiger partial charge in [-0.2, -0.15) is 0 Å². The molecule has 0 spiro atoms. The number of hydrogen-bond acceptors (Lipinski definition) is 3. The van der Waals surface area contributed by atoms with Gasteiger partial charge in [-0.1, -0.05) is 19.1 Å². The molecule has 5 nitrogen and oxygen atoms in total. The molecule has 0 unspecified atom stereocenters. The lowest BCUT2D eigenvalue weighted by atomic mass is 9.91. The van der Waals surface area contributed by atoms with Crippen LogP contribution in [0.3, 0.4) is 0 Å². The van der Waals surface area contributed by atoms with E-state index in [-0.39, 0.29) is 11.7 Å². The van der Waals surface area contributed by atoms with Crippen molar-refractivity contribution in [3.8, 4) is 0 Å². The summed E-state index contributed by atoms with van der Waals surface area (Å²) in [5.74, 6) is 0.782. The number of nitrogens with zero attached hydrogens (tertiary/aromatic N) is 1. The van der Waals surface area contributed by atoms with Crippen LogP contribution in [0.15, 0.2) is 24.3 Å². The molecule has 1 aromatic rings. The summed E-state index contributed by atoms with van der Waals surface area (Å²) >= 11 is 0. The zero-order valence-electron chi connectivity index (χ0n) is 14.9. The Kier molecular flexibility index (Phi) is 5.79. The summed E-state index contributed by atoms with van der Waals surface area (Å²) in [6, 6.07) is 8.23. The topological polar surface area (TPSA) is 66.5 Å². The van der Waals surface area contributed by atoms with E-state index in [0.717, 1.165) is 37.7 Å². The number of carbonyl (C=O) groups is 1. The highest BCUT2D eigenvalue weighted by Gasteiger charge is 2.27. The summed E-state index contributed by atoms with van der Waals surface area (Å²) in [5.41, 5.74) is 1.94. The largest absolute Gasteiger partial charge is 0.349 e. The quantitative estimate of drug-likeness (QED) is 0.809. The summed E-state index contributed by atoms with van der Waals surface area (Å²) in [5, 5.41) is 3.00. The molecule has 1 saturated heterocycles. The van der Waals surface area contributed by atoms with E-state index in [1.807, 2.05) is 31.2 Å². The highest BCUT2D eigenvalue weighted by molar-refractivity contribution is 7.89. The first-order valence-corrected chi connectivity index (χ1v) is 11.0. The van der Waals surface area contributed by atoms with Gasteiger partial charge in [-0.25, -0.2) is 12.7 Å². The average Bonchev–Trinajstić information content (AvgIpc) is 3.40. The number of piperidine rings is 1. The molecule has 6 heteroatoms. The van der Waals surface area contributed by atoms with Crippen molar-refractivity contribution in [3.05, 3.63) is 35.4 Å². The van der Waals surface area contributed by atoms with E-state index in [1.54, 1.807) is 4.31 Å². The van der Waals surface area contributed by atoms with Gasteiger partial charge in [0.2, 0.25) is 10.0 Å². The molecule has 0 aromatic heterocycles. The highest BCUT2D eigenvalue weighted by Crippen LogP contribution is 2.24. The molecule has 138 valence electrons. The second-order valence-corrected chi connectivity index (χ2v) is 9.40. The Labute approximate surface area is 150 Å². The minimum absolute atomic E-state index is 0.0171. The Morgan fingerprint density at radius 3 is 2.32 bits per heavy atom. The first-order chi connectivity index (χ1) is 12.0. The van der Waals surface area contributed by atoms with Gasteiger partial charge in [-0.05, 0) is 62.1 Å². The third kappa shape index (κ3) is 5.05. The molecule has 0 atom stereocenters. The van der Waals surface area contributed by atoms with Gasteiger partial charge in [0.25, 0.3) is 5.91 Å². The molecular weight excluding hydrogens is 336 g/mol. The van der Waals surface area contributed by atoms with Gasteiger partial charge in [0.15, 0.2) is 0 Å². The molecule has 2 aliphatic rings. The molecule has 1 amide bonds. The van der Waals surface area contributed by atoms with Gasteiger partial charge in [0.1, 0.15) is 0 Å². The Morgan fingerprint density at radius 1 is 1.12 bits per heavy atom. The molecule has 3 rings (SSSR count). The number of sulfonamides is 1. The normalized spacial score (nSPS) is 19.7. The van der Waals surface area contributed by atoms with Gasteiger partial charge in [-0.15, -0.1) is 0 Å². The Morgan fingerprint density at radius 2 is 1.76 bits per heavy atom. The lowest BCUT2D eigenvalue weighted by Gasteiger charge is -2.31. The van der Waals surface area contributed by atoms with Crippen molar-refractivity contribution >= 4 is 15.9 Å². The Balaban J connectivity index is 1.49. The smallest absolute Gasteiger partial charge is 0.251 e. The molecule has 1 aliphatic heterocycles. The van der Waals surface area contributed by atoms with E-state index in [4.69, 9.17) is 0 Å². The van der Waals surface area contributed by atoms with Crippen LogP contribution in [0.4, 0.5) is 0 Å². The van der Waals surface area contributed by atoms with E-state index in [0.29, 0.717) is 31.5 Å². The van der Waals surface area contributed by atoms with Gasteiger partial charge >= 0.3 is 0 Å². The number of benzene rings is 1. The van der Waals surface area contributed by atoms with Crippen LogP contribution < -0.4 is 5.32 Å². The number of rotatable bonds is 7. The summed E-state index contributed by atoms with van der Waals surface area (Å²) in [4.78, 5) is 12.0. The van der Waals surface area contributed by atoms with Gasteiger partial charge < -0.3 is 5.32 Å². The van der Waals surface area contributed by atoms with Crippen molar-refractivity contribution < 1.29 is 13.2 Å². The molecule has 1 N–H and O–H groups in total. The van der Waals surface area contributed by atoms with E-state index < -0.39 is 10.0 Å². The van der Waals surface area contributed by atoms with Crippen molar-refractivity contribution in [2.75, 3.05) is 18.8 Å². The minimum atomic E-state index is -3.06. The monoisotopic (exact) mass is 364 g/mol. The number of carbonyl (C=O) groups excluding carboxylic acids is 1. The van der Waals surface area contributed by atoms with Crippen molar-refractivity contribution in [2.24, 2.45) is 5.92 Å². The molecule has 1 saturated carbocycles. The Hall–Kier alpha value is -1.40. The van der Waals surface area contributed by atoms with Crippen LogP contribution in [0.25, 0.3) is 0 Å². The van der Waals surface area contributed by atoms with E-state index in [9.17, 15) is 13.2 Å². The van der Waals surface area contributed by atoms with Crippen LogP contribution in [0.5, 0.6) is 0 Å². The maximum Gasteiger partial charge on any atom is 0.251 e. The maximum atomic E-state index is 12.1. The maximum absolute atomic E-state index is 12.1. The van der Waals surface area contributed by atoms with E-state index in [1.165, 1.54) is 5.56 Å². The van der Waals surface area contributed by atoms with Crippen molar-refractivity contribution in [3.63, 3.8) is 0 Å². The molecule has 1 aliphatic carbocycles. The molecule has 0 bridgehead atoms. The standard InChI is InChI=1S/C19H28N2O3S/c1-2-13-25(23,24)21-11-9-16(10-12-21)14-15-3-5-17(6-4-15)19(22)20-18-7-8-18/h3-6,16,18H,2,7-14H2,1H3,(H,20,22). The zero-order chi connectivity index (χ0) is 17.9. The zero-order valence-corrected chi connectivity index (χ0v) is 15.7. The molecule has 25 heavy (non-hydrogen) atoms. The summed E-state index contributed by atoms with van der Waals surface area (Å²) < 4.78 is 25.9. The van der Waals surface area contributed by atoms with Crippen molar-refractivity contribution in [1.29, 1.82) is 0 Å². The molecular formula is C19H28N2O3S. The van der Waals surface area contributed by atoms with E-state index >= 15 is 0 Å².